The Morgan fingerprint density at radius 2 is 2.12 bits per heavy atom. The first-order valence-electron chi connectivity index (χ1n) is 7.16. The zero-order valence-electron chi connectivity index (χ0n) is 12.7. The van der Waals surface area contributed by atoms with Gasteiger partial charge in [-0.3, -0.25) is 15.4 Å². The molecule has 0 aliphatic rings. The standard InChI is InChI=1S/C16H13N3O5/c1-2-23-16(20)18-12-6-4-3-5-11(12)15-17-13-9-10(19(21)22)7-8-14(13)24-15/h3-9H,2H2,1H3,(H,18,20). The van der Waals surface area contributed by atoms with E-state index < -0.39 is 11.0 Å². The number of nitro groups is 1. The summed E-state index contributed by atoms with van der Waals surface area (Å²) in [4.78, 5) is 26.3. The van der Waals surface area contributed by atoms with Crippen molar-refractivity contribution in [2.24, 2.45) is 0 Å². The van der Waals surface area contributed by atoms with Crippen molar-refractivity contribution < 1.29 is 18.9 Å². The SMILES string of the molecule is CCOC(=O)Nc1ccccc1-c1nc2cc([N+](=O)[O-])ccc2o1. The first kappa shape index (κ1) is 15.5. The van der Waals surface area contributed by atoms with Crippen molar-refractivity contribution in [2.75, 3.05) is 11.9 Å². The number of aromatic nitrogens is 1. The Kier molecular flexibility index (Phi) is 4.11. The number of nitro benzene ring substituents is 1. The van der Waals surface area contributed by atoms with Crippen LogP contribution in [0.2, 0.25) is 0 Å². The molecule has 1 N–H and O–H groups in total. The van der Waals surface area contributed by atoms with Gasteiger partial charge in [0.1, 0.15) is 5.52 Å². The summed E-state index contributed by atoms with van der Waals surface area (Å²) in [5.41, 5.74) is 1.73. The number of nitrogens with zero attached hydrogens (tertiary/aromatic N) is 2. The summed E-state index contributed by atoms with van der Waals surface area (Å²) in [5.74, 6) is 0.248. The fraction of sp³-hybridized carbons (Fsp3) is 0.125. The van der Waals surface area contributed by atoms with Crippen LogP contribution in [0.1, 0.15) is 6.92 Å². The topological polar surface area (TPSA) is 108 Å². The number of hydrogen-bond acceptors (Lipinski definition) is 6. The Labute approximate surface area is 136 Å². The van der Waals surface area contributed by atoms with Gasteiger partial charge < -0.3 is 9.15 Å². The number of ether oxygens (including phenoxy) is 1. The maximum absolute atomic E-state index is 11.6. The molecule has 1 amide bonds. The maximum atomic E-state index is 11.6. The number of hydrogen-bond donors (Lipinski definition) is 1. The summed E-state index contributed by atoms with van der Waals surface area (Å²) in [6, 6.07) is 11.1. The number of non-ortho nitro benzene ring substituents is 1. The smallest absolute Gasteiger partial charge is 0.411 e. The Bertz CT molecular complexity index is 919. The van der Waals surface area contributed by atoms with E-state index in [2.05, 4.69) is 10.3 Å². The first-order valence-corrected chi connectivity index (χ1v) is 7.16. The second-order valence-electron chi connectivity index (χ2n) is 4.82. The summed E-state index contributed by atoms with van der Waals surface area (Å²) in [5, 5.41) is 13.5. The average Bonchev–Trinajstić information content (AvgIpc) is 2.98. The third-order valence-electron chi connectivity index (χ3n) is 3.25. The van der Waals surface area contributed by atoms with E-state index in [0.29, 0.717) is 22.4 Å². The van der Waals surface area contributed by atoms with Crippen LogP contribution < -0.4 is 5.32 Å². The molecule has 0 fully saturated rings. The molecule has 0 bridgehead atoms. The summed E-state index contributed by atoms with van der Waals surface area (Å²) in [7, 11) is 0. The molecule has 0 atom stereocenters. The molecular formula is C16H13N3O5. The lowest BCUT2D eigenvalue weighted by Gasteiger charge is -2.08. The van der Waals surface area contributed by atoms with Gasteiger partial charge in [-0.25, -0.2) is 9.78 Å². The molecule has 8 heteroatoms. The number of para-hydroxylation sites is 1. The van der Waals surface area contributed by atoms with Crippen molar-refractivity contribution >= 4 is 28.6 Å². The molecule has 8 nitrogen and oxygen atoms in total. The number of anilines is 1. The van der Waals surface area contributed by atoms with Crippen molar-refractivity contribution in [3.8, 4) is 11.5 Å². The largest absolute Gasteiger partial charge is 0.450 e. The van der Waals surface area contributed by atoms with Crippen molar-refractivity contribution in [2.45, 2.75) is 6.92 Å². The Morgan fingerprint density at radius 3 is 2.88 bits per heavy atom. The lowest BCUT2D eigenvalue weighted by Crippen LogP contribution is -2.13. The van der Waals surface area contributed by atoms with Crippen LogP contribution >= 0.6 is 0 Å². The Hall–Kier alpha value is -3.42. The van der Waals surface area contributed by atoms with E-state index in [0.717, 1.165) is 0 Å². The summed E-state index contributed by atoms with van der Waals surface area (Å²) >= 11 is 0. The lowest BCUT2D eigenvalue weighted by molar-refractivity contribution is -0.384. The van der Waals surface area contributed by atoms with E-state index >= 15 is 0 Å². The number of rotatable bonds is 4. The van der Waals surface area contributed by atoms with Gasteiger partial charge in [-0.05, 0) is 25.1 Å². The summed E-state index contributed by atoms with van der Waals surface area (Å²) < 4.78 is 10.5. The number of fused-ring (bicyclic) bond motifs is 1. The van der Waals surface area contributed by atoms with Crippen molar-refractivity contribution in [3.05, 3.63) is 52.6 Å². The first-order chi connectivity index (χ1) is 11.6. The van der Waals surface area contributed by atoms with E-state index in [9.17, 15) is 14.9 Å². The molecule has 1 heterocycles. The highest BCUT2D eigenvalue weighted by atomic mass is 16.6. The molecule has 0 saturated carbocycles. The van der Waals surface area contributed by atoms with E-state index in [1.807, 2.05) is 0 Å². The summed E-state index contributed by atoms with van der Waals surface area (Å²) in [6.07, 6.45) is -0.586. The monoisotopic (exact) mass is 327 g/mol. The predicted octanol–water partition coefficient (Wildman–Crippen LogP) is 3.97. The van der Waals surface area contributed by atoms with Gasteiger partial charge in [0.05, 0.1) is 22.8 Å². The highest BCUT2D eigenvalue weighted by Gasteiger charge is 2.16. The van der Waals surface area contributed by atoms with Crippen LogP contribution in [0.3, 0.4) is 0 Å². The van der Waals surface area contributed by atoms with Gasteiger partial charge in [0, 0.05) is 12.1 Å². The number of oxazole rings is 1. The number of benzene rings is 2. The Morgan fingerprint density at radius 1 is 1.33 bits per heavy atom. The molecule has 1 aromatic heterocycles. The maximum Gasteiger partial charge on any atom is 0.411 e. The second-order valence-corrected chi connectivity index (χ2v) is 4.82. The molecule has 3 rings (SSSR count). The Balaban J connectivity index is 2.01. The molecular weight excluding hydrogens is 314 g/mol. The van der Waals surface area contributed by atoms with Crippen LogP contribution in [0.25, 0.3) is 22.6 Å². The molecule has 24 heavy (non-hydrogen) atoms. The third-order valence-corrected chi connectivity index (χ3v) is 3.25. The fourth-order valence-corrected chi connectivity index (χ4v) is 2.20. The zero-order valence-corrected chi connectivity index (χ0v) is 12.7. The minimum atomic E-state index is -0.586. The van der Waals surface area contributed by atoms with Gasteiger partial charge in [0.2, 0.25) is 5.89 Å². The predicted molar refractivity (Wildman–Crippen MR) is 86.7 cm³/mol. The molecule has 0 saturated heterocycles. The number of carbonyl (C=O) groups excluding carboxylic acids is 1. The van der Waals surface area contributed by atoms with Gasteiger partial charge in [-0.2, -0.15) is 0 Å². The van der Waals surface area contributed by atoms with Gasteiger partial charge in [-0.15, -0.1) is 0 Å². The van der Waals surface area contributed by atoms with Crippen LogP contribution in [0.4, 0.5) is 16.2 Å². The summed E-state index contributed by atoms with van der Waals surface area (Å²) in [6.45, 7) is 1.96. The van der Waals surface area contributed by atoms with Crippen molar-refractivity contribution in [1.29, 1.82) is 0 Å². The molecule has 0 aliphatic carbocycles. The van der Waals surface area contributed by atoms with Gasteiger partial charge in [0.15, 0.2) is 5.58 Å². The van der Waals surface area contributed by atoms with Gasteiger partial charge in [-0.1, -0.05) is 12.1 Å². The van der Waals surface area contributed by atoms with Crippen LogP contribution in [0.15, 0.2) is 46.9 Å². The number of carbonyl (C=O) groups is 1. The third kappa shape index (κ3) is 3.02. The van der Waals surface area contributed by atoms with E-state index in [4.69, 9.17) is 9.15 Å². The van der Waals surface area contributed by atoms with Crippen molar-refractivity contribution in [3.63, 3.8) is 0 Å². The highest BCUT2D eigenvalue weighted by Crippen LogP contribution is 2.31. The molecule has 0 aliphatic heterocycles. The zero-order chi connectivity index (χ0) is 17.1. The molecule has 0 spiro atoms. The van der Waals surface area contributed by atoms with Crippen LogP contribution in [-0.4, -0.2) is 22.6 Å². The minimum absolute atomic E-state index is 0.0692. The van der Waals surface area contributed by atoms with Gasteiger partial charge in [0.25, 0.3) is 5.69 Å². The van der Waals surface area contributed by atoms with E-state index in [-0.39, 0.29) is 18.2 Å². The quantitative estimate of drug-likeness (QED) is 0.574. The average molecular weight is 327 g/mol. The molecule has 2 aromatic carbocycles. The molecule has 3 aromatic rings. The minimum Gasteiger partial charge on any atom is -0.450 e. The fourth-order valence-electron chi connectivity index (χ4n) is 2.20. The van der Waals surface area contributed by atoms with E-state index in [1.54, 1.807) is 31.2 Å². The highest BCUT2D eigenvalue weighted by molar-refractivity contribution is 5.91. The number of nitrogens with one attached hydrogen (secondary N) is 1. The molecule has 0 radical (unpaired) electrons. The second kappa shape index (κ2) is 6.37. The van der Waals surface area contributed by atoms with Crippen LogP contribution in [0.5, 0.6) is 0 Å². The van der Waals surface area contributed by atoms with Crippen LogP contribution in [-0.2, 0) is 4.74 Å². The number of amides is 1. The molecule has 122 valence electrons. The molecule has 0 unspecified atom stereocenters. The normalized spacial score (nSPS) is 10.5. The van der Waals surface area contributed by atoms with Gasteiger partial charge >= 0.3 is 6.09 Å². The lowest BCUT2D eigenvalue weighted by atomic mass is 10.2. The van der Waals surface area contributed by atoms with E-state index in [1.165, 1.54) is 18.2 Å². The van der Waals surface area contributed by atoms with Crippen molar-refractivity contribution in [1.82, 2.24) is 4.98 Å². The van der Waals surface area contributed by atoms with Crippen LogP contribution in [0, 0.1) is 10.1 Å².